The molecule has 3 saturated carbocycles. The highest BCUT2D eigenvalue weighted by atomic mass is 14.5. The second-order valence-corrected chi connectivity index (χ2v) is 11.7. The molecule has 0 N–H and O–H groups in total. The van der Waals surface area contributed by atoms with Crippen molar-refractivity contribution in [1.29, 1.82) is 0 Å². The van der Waals surface area contributed by atoms with E-state index in [1.54, 1.807) is 33.4 Å². The average molecular weight is 435 g/mol. The highest BCUT2D eigenvalue weighted by Gasteiger charge is 2.44. The Morgan fingerprint density at radius 3 is 1.33 bits per heavy atom. The molecule has 4 unspecified atom stereocenters. The molecule has 5 aliphatic rings. The van der Waals surface area contributed by atoms with Crippen molar-refractivity contribution in [2.45, 2.75) is 82.5 Å². The lowest BCUT2D eigenvalue weighted by Crippen LogP contribution is -2.20. The van der Waals surface area contributed by atoms with Gasteiger partial charge in [0.25, 0.3) is 0 Å². The lowest BCUT2D eigenvalue weighted by atomic mass is 9.74. The summed E-state index contributed by atoms with van der Waals surface area (Å²) in [7, 11) is 0. The first kappa shape index (κ1) is 20.3. The van der Waals surface area contributed by atoms with Crippen LogP contribution in [0.1, 0.15) is 105 Å². The van der Waals surface area contributed by atoms with Crippen molar-refractivity contribution in [3.05, 3.63) is 82.9 Å². The molecular formula is C33H38. The first-order valence-electron chi connectivity index (χ1n) is 14.0. The number of hydrogen-bond acceptors (Lipinski definition) is 0. The van der Waals surface area contributed by atoms with Gasteiger partial charge in [-0.2, -0.15) is 0 Å². The third-order valence-corrected chi connectivity index (χ3v) is 10.1. The van der Waals surface area contributed by atoms with Gasteiger partial charge in [-0.05, 0) is 95.6 Å². The minimum absolute atomic E-state index is 0.639. The maximum absolute atomic E-state index is 2.77. The van der Waals surface area contributed by atoms with Gasteiger partial charge in [0.05, 0.1) is 0 Å². The van der Waals surface area contributed by atoms with Gasteiger partial charge in [0.2, 0.25) is 0 Å². The Bertz CT molecular complexity index is 1000. The molecule has 0 aliphatic heterocycles. The van der Waals surface area contributed by atoms with E-state index in [4.69, 9.17) is 0 Å². The van der Waals surface area contributed by atoms with Gasteiger partial charge in [-0.3, -0.25) is 0 Å². The number of benzene rings is 2. The maximum Gasteiger partial charge on any atom is 0.00614 e. The molecule has 0 amide bonds. The van der Waals surface area contributed by atoms with Crippen molar-refractivity contribution in [1.82, 2.24) is 0 Å². The van der Waals surface area contributed by atoms with E-state index in [0.717, 1.165) is 23.7 Å². The largest absolute Gasteiger partial charge is 0.0726 e. The van der Waals surface area contributed by atoms with Gasteiger partial charge in [0.15, 0.2) is 0 Å². The number of allylic oxidation sites excluding steroid dienone is 4. The lowest BCUT2D eigenvalue weighted by Gasteiger charge is -2.30. The van der Waals surface area contributed by atoms with E-state index in [2.05, 4.69) is 60.7 Å². The van der Waals surface area contributed by atoms with Crippen LogP contribution in [0, 0.1) is 23.7 Å². The SMILES string of the molecule is C1=C(C2CCCC2)c2ccccc2C1C1CCCC1C1C=C(C2CCCC2)c2ccccc21. The van der Waals surface area contributed by atoms with Gasteiger partial charge in [-0.1, -0.05) is 92.8 Å². The van der Waals surface area contributed by atoms with Crippen molar-refractivity contribution < 1.29 is 0 Å². The van der Waals surface area contributed by atoms with E-state index in [1.807, 2.05) is 0 Å². The summed E-state index contributed by atoms with van der Waals surface area (Å²) in [5, 5.41) is 0. The van der Waals surface area contributed by atoms with Gasteiger partial charge >= 0.3 is 0 Å². The molecule has 33 heavy (non-hydrogen) atoms. The average Bonchev–Trinajstić information content (AvgIpc) is 3.66. The minimum atomic E-state index is 0.639. The van der Waals surface area contributed by atoms with Crippen molar-refractivity contribution in [2.75, 3.05) is 0 Å². The van der Waals surface area contributed by atoms with Gasteiger partial charge in [0, 0.05) is 11.8 Å². The third-order valence-electron chi connectivity index (χ3n) is 10.1. The Balaban J connectivity index is 1.25. The number of fused-ring (bicyclic) bond motifs is 2. The molecule has 7 rings (SSSR count). The van der Waals surface area contributed by atoms with Gasteiger partial charge in [-0.15, -0.1) is 0 Å². The topological polar surface area (TPSA) is 0 Å². The molecular weight excluding hydrogens is 396 g/mol. The monoisotopic (exact) mass is 434 g/mol. The molecule has 2 aromatic carbocycles. The summed E-state index contributed by atoms with van der Waals surface area (Å²) in [6, 6.07) is 19.0. The van der Waals surface area contributed by atoms with Crippen LogP contribution < -0.4 is 0 Å². The van der Waals surface area contributed by atoms with E-state index in [9.17, 15) is 0 Å². The van der Waals surface area contributed by atoms with Crippen LogP contribution in [-0.4, -0.2) is 0 Å². The van der Waals surface area contributed by atoms with Crippen LogP contribution in [0.3, 0.4) is 0 Å². The molecule has 0 heteroatoms. The second-order valence-electron chi connectivity index (χ2n) is 11.7. The highest BCUT2D eigenvalue weighted by molar-refractivity contribution is 5.78. The number of hydrogen-bond donors (Lipinski definition) is 0. The standard InChI is InChI=1S/C33H38/c1-2-11-22(10-1)30-20-32(26-16-7-5-14-24(26)30)28-18-9-19-29(28)33-21-31(23-12-3-4-13-23)25-15-6-8-17-27(25)33/h5-8,14-17,20-23,28-29,32-33H,1-4,9-13,18-19H2. The molecule has 0 saturated heterocycles. The fourth-order valence-corrected chi connectivity index (χ4v) is 8.65. The molecule has 0 heterocycles. The fourth-order valence-electron chi connectivity index (χ4n) is 8.65. The molecule has 4 atom stereocenters. The Kier molecular flexibility index (Phi) is 5.11. The Morgan fingerprint density at radius 1 is 0.455 bits per heavy atom. The molecule has 3 fully saturated rings. The predicted octanol–water partition coefficient (Wildman–Crippen LogP) is 9.14. The van der Waals surface area contributed by atoms with Crippen LogP contribution in [0.25, 0.3) is 11.1 Å². The summed E-state index contributed by atoms with van der Waals surface area (Å²) >= 11 is 0. The normalized spacial score (nSPS) is 31.6. The van der Waals surface area contributed by atoms with Gasteiger partial charge in [-0.25, -0.2) is 0 Å². The first-order chi connectivity index (χ1) is 16.4. The van der Waals surface area contributed by atoms with Crippen LogP contribution >= 0.6 is 0 Å². The third kappa shape index (κ3) is 3.31. The summed E-state index contributed by atoms with van der Waals surface area (Å²) in [4.78, 5) is 0. The number of rotatable bonds is 4. The molecule has 0 radical (unpaired) electrons. The fraction of sp³-hybridized carbons (Fsp3) is 0.515. The Morgan fingerprint density at radius 2 is 0.879 bits per heavy atom. The molecule has 0 nitrogen and oxygen atoms in total. The van der Waals surface area contributed by atoms with Crippen LogP contribution in [0.4, 0.5) is 0 Å². The Hall–Kier alpha value is -2.08. The quantitative estimate of drug-likeness (QED) is 0.450. The van der Waals surface area contributed by atoms with Crippen LogP contribution in [0.15, 0.2) is 60.7 Å². The zero-order chi connectivity index (χ0) is 21.8. The predicted molar refractivity (Wildman–Crippen MR) is 139 cm³/mol. The summed E-state index contributed by atoms with van der Waals surface area (Å²) < 4.78 is 0. The van der Waals surface area contributed by atoms with Crippen molar-refractivity contribution in [2.24, 2.45) is 23.7 Å². The second kappa shape index (κ2) is 8.30. The Labute approximate surface area is 200 Å². The minimum Gasteiger partial charge on any atom is -0.0726 e. The highest BCUT2D eigenvalue weighted by Crippen LogP contribution is 2.57. The smallest absolute Gasteiger partial charge is 0.00614 e. The van der Waals surface area contributed by atoms with E-state index in [0.29, 0.717) is 11.8 Å². The maximum atomic E-state index is 2.77. The van der Waals surface area contributed by atoms with E-state index >= 15 is 0 Å². The van der Waals surface area contributed by atoms with Crippen molar-refractivity contribution in [3.63, 3.8) is 0 Å². The molecule has 0 spiro atoms. The summed E-state index contributed by atoms with van der Waals surface area (Å²) in [6.07, 6.45) is 21.1. The van der Waals surface area contributed by atoms with E-state index in [-0.39, 0.29) is 0 Å². The van der Waals surface area contributed by atoms with Crippen LogP contribution in [0.5, 0.6) is 0 Å². The molecule has 0 aromatic heterocycles. The van der Waals surface area contributed by atoms with Crippen molar-refractivity contribution in [3.8, 4) is 0 Å². The molecule has 170 valence electrons. The first-order valence-corrected chi connectivity index (χ1v) is 14.0. The van der Waals surface area contributed by atoms with Gasteiger partial charge < -0.3 is 0 Å². The van der Waals surface area contributed by atoms with E-state index in [1.165, 1.54) is 70.6 Å². The zero-order valence-corrected chi connectivity index (χ0v) is 20.0. The molecule has 2 aromatic rings. The van der Waals surface area contributed by atoms with Crippen LogP contribution in [-0.2, 0) is 0 Å². The zero-order valence-electron chi connectivity index (χ0n) is 20.0. The summed E-state index contributed by atoms with van der Waals surface area (Å²) in [6.45, 7) is 0. The van der Waals surface area contributed by atoms with E-state index < -0.39 is 0 Å². The molecule has 0 bridgehead atoms. The summed E-state index contributed by atoms with van der Waals surface area (Å²) in [5.41, 5.74) is 9.95. The van der Waals surface area contributed by atoms with Gasteiger partial charge in [0.1, 0.15) is 0 Å². The van der Waals surface area contributed by atoms with Crippen molar-refractivity contribution >= 4 is 11.1 Å². The van der Waals surface area contributed by atoms with Crippen LogP contribution in [0.2, 0.25) is 0 Å². The molecule has 5 aliphatic carbocycles. The lowest BCUT2D eigenvalue weighted by molar-refractivity contribution is 0.333. The summed E-state index contributed by atoms with van der Waals surface area (Å²) in [5.74, 6) is 4.50.